The van der Waals surface area contributed by atoms with Crippen LogP contribution in [0.25, 0.3) is 0 Å². The zero-order valence-electron chi connectivity index (χ0n) is 12.7. The Morgan fingerprint density at radius 2 is 1.71 bits per heavy atom. The Morgan fingerprint density at radius 3 is 2.19 bits per heavy atom. The first-order chi connectivity index (χ1) is 9.97. The minimum Gasteiger partial charge on any atom is -0.366 e. The van der Waals surface area contributed by atoms with Gasteiger partial charge in [0.2, 0.25) is 5.91 Å². The van der Waals surface area contributed by atoms with Crippen molar-refractivity contribution < 1.29 is 9.59 Å². The molecule has 0 aliphatic carbocycles. The van der Waals surface area contributed by atoms with Crippen LogP contribution in [0.15, 0.2) is 12.1 Å². The zero-order chi connectivity index (χ0) is 15.4. The summed E-state index contributed by atoms with van der Waals surface area (Å²) in [5, 5.41) is 11.1. The lowest BCUT2D eigenvalue weighted by Crippen LogP contribution is -2.50. The molecular weight excluding hydrogens is 270 g/mol. The van der Waals surface area contributed by atoms with Crippen LogP contribution in [-0.4, -0.2) is 64.0 Å². The number of amides is 2. The van der Waals surface area contributed by atoms with E-state index in [9.17, 15) is 9.59 Å². The Morgan fingerprint density at radius 1 is 1.10 bits per heavy atom. The van der Waals surface area contributed by atoms with E-state index in [1.807, 2.05) is 13.8 Å². The average molecular weight is 291 g/mol. The topological polar surface area (TPSA) is 78.4 Å². The Hall–Kier alpha value is -2.18. The van der Waals surface area contributed by atoms with E-state index in [2.05, 4.69) is 15.5 Å². The van der Waals surface area contributed by atoms with Crippen LogP contribution < -0.4 is 5.32 Å². The molecule has 1 aromatic heterocycles. The lowest BCUT2D eigenvalue weighted by molar-refractivity contribution is -0.130. The molecule has 0 radical (unpaired) electrons. The number of rotatable bonds is 3. The molecule has 1 saturated heterocycles. The third-order valence-corrected chi connectivity index (χ3v) is 3.33. The molecule has 2 heterocycles. The number of carbonyl (C=O) groups is 2. The summed E-state index contributed by atoms with van der Waals surface area (Å²) in [4.78, 5) is 27.0. The van der Waals surface area contributed by atoms with E-state index in [1.54, 1.807) is 28.9 Å². The second-order valence-corrected chi connectivity index (χ2v) is 5.40. The highest BCUT2D eigenvalue weighted by atomic mass is 16.2. The molecule has 0 bridgehead atoms. The second kappa shape index (κ2) is 6.51. The van der Waals surface area contributed by atoms with Crippen LogP contribution in [0.5, 0.6) is 0 Å². The molecule has 2 amide bonds. The maximum atomic E-state index is 12.3. The maximum absolute atomic E-state index is 12.3. The number of piperazine rings is 1. The van der Waals surface area contributed by atoms with Crippen molar-refractivity contribution in [2.75, 3.05) is 31.5 Å². The van der Waals surface area contributed by atoms with Crippen LogP contribution in [0, 0.1) is 0 Å². The second-order valence-electron chi connectivity index (χ2n) is 5.40. The number of anilines is 1. The molecule has 1 aliphatic rings. The van der Waals surface area contributed by atoms with Crippen molar-refractivity contribution in [3.63, 3.8) is 0 Å². The van der Waals surface area contributed by atoms with Crippen molar-refractivity contribution in [1.82, 2.24) is 20.0 Å². The van der Waals surface area contributed by atoms with Gasteiger partial charge in [-0.2, -0.15) is 0 Å². The monoisotopic (exact) mass is 291 g/mol. The van der Waals surface area contributed by atoms with E-state index in [1.165, 1.54) is 0 Å². The molecule has 7 heteroatoms. The quantitative estimate of drug-likeness (QED) is 0.882. The molecule has 1 N–H and O–H groups in total. The molecule has 1 fully saturated rings. The summed E-state index contributed by atoms with van der Waals surface area (Å²) in [5.74, 6) is 0.566. The summed E-state index contributed by atoms with van der Waals surface area (Å²) in [6.07, 6.45) is 0. The van der Waals surface area contributed by atoms with Gasteiger partial charge in [-0.05, 0) is 26.0 Å². The number of carbonyl (C=O) groups excluding carboxylic acids is 2. The lowest BCUT2D eigenvalue weighted by atomic mass is 10.2. The third kappa shape index (κ3) is 3.90. The highest BCUT2D eigenvalue weighted by Crippen LogP contribution is 2.09. The number of aromatic nitrogens is 2. The van der Waals surface area contributed by atoms with E-state index in [-0.39, 0.29) is 17.9 Å². The molecule has 114 valence electrons. The summed E-state index contributed by atoms with van der Waals surface area (Å²) in [6.45, 7) is 7.77. The van der Waals surface area contributed by atoms with Crippen LogP contribution in [0.4, 0.5) is 5.82 Å². The van der Waals surface area contributed by atoms with Gasteiger partial charge in [0.25, 0.3) is 5.91 Å². The van der Waals surface area contributed by atoms with E-state index >= 15 is 0 Å². The largest absolute Gasteiger partial charge is 0.366 e. The van der Waals surface area contributed by atoms with Crippen LogP contribution in [-0.2, 0) is 4.79 Å². The highest BCUT2D eigenvalue weighted by Gasteiger charge is 2.24. The summed E-state index contributed by atoms with van der Waals surface area (Å²) < 4.78 is 0. The molecule has 0 aromatic carbocycles. The fourth-order valence-corrected chi connectivity index (χ4v) is 2.21. The number of hydrogen-bond donors (Lipinski definition) is 1. The SMILES string of the molecule is CC(=O)N1CCN(C(=O)c2ccc(NC(C)C)nn2)CC1. The van der Waals surface area contributed by atoms with Gasteiger partial charge in [0.05, 0.1) is 0 Å². The summed E-state index contributed by atoms with van der Waals surface area (Å²) >= 11 is 0. The summed E-state index contributed by atoms with van der Waals surface area (Å²) in [5.41, 5.74) is 0.334. The van der Waals surface area contributed by atoms with Crippen molar-refractivity contribution in [3.05, 3.63) is 17.8 Å². The van der Waals surface area contributed by atoms with Gasteiger partial charge in [-0.25, -0.2) is 0 Å². The van der Waals surface area contributed by atoms with Crippen LogP contribution in [0.1, 0.15) is 31.3 Å². The van der Waals surface area contributed by atoms with Gasteiger partial charge in [0.1, 0.15) is 5.82 Å². The predicted octanol–water partition coefficient (Wildman–Crippen LogP) is 0.601. The molecular formula is C14H21N5O2. The molecule has 2 rings (SSSR count). The maximum Gasteiger partial charge on any atom is 0.274 e. The fourth-order valence-electron chi connectivity index (χ4n) is 2.21. The third-order valence-electron chi connectivity index (χ3n) is 3.33. The predicted molar refractivity (Wildman–Crippen MR) is 78.9 cm³/mol. The minimum absolute atomic E-state index is 0.0472. The van der Waals surface area contributed by atoms with Crippen LogP contribution >= 0.6 is 0 Å². The van der Waals surface area contributed by atoms with E-state index in [4.69, 9.17) is 0 Å². The van der Waals surface area contributed by atoms with E-state index in [0.29, 0.717) is 37.7 Å². The Kier molecular flexibility index (Phi) is 4.72. The average Bonchev–Trinajstić information content (AvgIpc) is 2.47. The molecule has 0 unspecified atom stereocenters. The summed E-state index contributed by atoms with van der Waals surface area (Å²) in [6, 6.07) is 3.70. The van der Waals surface area contributed by atoms with Crippen molar-refractivity contribution in [2.45, 2.75) is 26.8 Å². The van der Waals surface area contributed by atoms with Gasteiger partial charge >= 0.3 is 0 Å². The number of hydrogen-bond acceptors (Lipinski definition) is 5. The van der Waals surface area contributed by atoms with Crippen molar-refractivity contribution in [2.24, 2.45) is 0 Å². The minimum atomic E-state index is -0.137. The molecule has 0 atom stereocenters. The van der Waals surface area contributed by atoms with Gasteiger partial charge in [-0.15, -0.1) is 10.2 Å². The van der Waals surface area contributed by atoms with Crippen LogP contribution in [0.2, 0.25) is 0 Å². The Balaban J connectivity index is 1.96. The van der Waals surface area contributed by atoms with Gasteiger partial charge in [0, 0.05) is 39.1 Å². The first kappa shape index (κ1) is 15.2. The molecule has 0 spiro atoms. The van der Waals surface area contributed by atoms with Crippen LogP contribution in [0.3, 0.4) is 0 Å². The van der Waals surface area contributed by atoms with Crippen molar-refractivity contribution in [1.29, 1.82) is 0 Å². The Bertz CT molecular complexity index is 507. The van der Waals surface area contributed by atoms with E-state index in [0.717, 1.165) is 0 Å². The first-order valence-electron chi connectivity index (χ1n) is 7.12. The van der Waals surface area contributed by atoms with Gasteiger partial charge < -0.3 is 15.1 Å². The molecule has 1 aliphatic heterocycles. The van der Waals surface area contributed by atoms with Gasteiger partial charge in [-0.3, -0.25) is 9.59 Å². The van der Waals surface area contributed by atoms with Gasteiger partial charge in [-0.1, -0.05) is 0 Å². The lowest BCUT2D eigenvalue weighted by Gasteiger charge is -2.33. The standard InChI is InChI=1S/C14H21N5O2/c1-10(2)15-13-5-4-12(16-17-13)14(21)19-8-6-18(7-9-19)11(3)20/h4-5,10H,6-9H2,1-3H3,(H,15,17). The van der Waals surface area contributed by atoms with Crippen molar-refractivity contribution in [3.8, 4) is 0 Å². The van der Waals surface area contributed by atoms with Crippen molar-refractivity contribution >= 4 is 17.6 Å². The van der Waals surface area contributed by atoms with E-state index < -0.39 is 0 Å². The fraction of sp³-hybridized carbons (Fsp3) is 0.571. The molecule has 7 nitrogen and oxygen atoms in total. The highest BCUT2D eigenvalue weighted by molar-refractivity contribution is 5.92. The summed E-state index contributed by atoms with van der Waals surface area (Å²) in [7, 11) is 0. The van der Waals surface area contributed by atoms with Gasteiger partial charge in [0.15, 0.2) is 5.69 Å². The molecule has 21 heavy (non-hydrogen) atoms. The number of nitrogens with one attached hydrogen (secondary N) is 1. The number of nitrogens with zero attached hydrogens (tertiary/aromatic N) is 4. The normalized spacial score (nSPS) is 15.2. The molecule has 0 saturated carbocycles. The molecule has 1 aromatic rings. The first-order valence-corrected chi connectivity index (χ1v) is 7.12. The smallest absolute Gasteiger partial charge is 0.274 e. The Labute approximate surface area is 124 Å². The zero-order valence-corrected chi connectivity index (χ0v) is 12.7.